The van der Waals surface area contributed by atoms with E-state index in [-0.39, 0.29) is 11.9 Å². The van der Waals surface area contributed by atoms with Crippen molar-refractivity contribution in [1.82, 2.24) is 5.32 Å². The highest BCUT2D eigenvalue weighted by molar-refractivity contribution is 6.33. The second-order valence-electron chi connectivity index (χ2n) is 5.99. The number of nitrogens with one attached hydrogen (secondary N) is 2. The number of fused-ring (bicyclic) bond motifs is 1. The fourth-order valence-corrected chi connectivity index (χ4v) is 3.69. The van der Waals surface area contributed by atoms with Crippen LogP contribution in [0.1, 0.15) is 44.2 Å². The Morgan fingerprint density at radius 3 is 2.90 bits per heavy atom. The maximum absolute atomic E-state index is 12.0. The van der Waals surface area contributed by atoms with Crippen LogP contribution in [0.25, 0.3) is 0 Å². The second-order valence-corrected chi connectivity index (χ2v) is 6.40. The van der Waals surface area contributed by atoms with Gasteiger partial charge < -0.3 is 15.5 Å². The predicted molar refractivity (Wildman–Crippen MR) is 87.2 cm³/mol. The molecule has 2 aliphatic heterocycles. The lowest BCUT2D eigenvalue weighted by Gasteiger charge is -2.30. The molecule has 1 aromatic rings. The Kier molecular flexibility index (Phi) is 4.09. The van der Waals surface area contributed by atoms with E-state index in [0.717, 1.165) is 28.5 Å². The molecule has 3 rings (SSSR count). The van der Waals surface area contributed by atoms with Gasteiger partial charge in [-0.25, -0.2) is 0 Å². The Morgan fingerprint density at radius 1 is 1.33 bits per heavy atom. The van der Waals surface area contributed by atoms with Crippen molar-refractivity contribution in [2.24, 2.45) is 0 Å². The zero-order chi connectivity index (χ0) is 15.0. The van der Waals surface area contributed by atoms with Gasteiger partial charge in [0.1, 0.15) is 6.04 Å². The Hall–Kier alpha value is -1.26. The lowest BCUT2D eigenvalue weighted by atomic mass is 10.1. The number of hydrogen-bond acceptors (Lipinski definition) is 3. The minimum Gasteiger partial charge on any atom is -0.368 e. The molecule has 2 heterocycles. The van der Waals surface area contributed by atoms with E-state index >= 15 is 0 Å². The van der Waals surface area contributed by atoms with Crippen LogP contribution in [0.2, 0.25) is 5.02 Å². The number of anilines is 2. The van der Waals surface area contributed by atoms with Crippen LogP contribution < -0.4 is 15.5 Å². The molecule has 1 amide bonds. The van der Waals surface area contributed by atoms with Gasteiger partial charge in [0, 0.05) is 23.8 Å². The molecule has 2 unspecified atom stereocenters. The summed E-state index contributed by atoms with van der Waals surface area (Å²) in [6, 6.07) is 4.16. The van der Waals surface area contributed by atoms with Gasteiger partial charge in [0.2, 0.25) is 5.91 Å². The summed E-state index contributed by atoms with van der Waals surface area (Å²) in [5.74, 6) is -0.00960. The van der Waals surface area contributed by atoms with E-state index in [1.165, 1.54) is 25.7 Å². The summed E-state index contributed by atoms with van der Waals surface area (Å²) in [5.41, 5.74) is 2.87. The smallest absolute Gasteiger partial charge is 0.246 e. The van der Waals surface area contributed by atoms with E-state index < -0.39 is 0 Å². The lowest BCUT2D eigenvalue weighted by Crippen LogP contribution is -2.32. The standard InChI is InChI=1S/C16H22ClN3O/c1-10-6-4-3-5-7-20(10)14-9-13-11(8-12(14)17)15(18-2)16(21)19-13/h8-10,15,18H,3-7H2,1-2H3,(H,19,21). The van der Waals surface area contributed by atoms with E-state index in [1.54, 1.807) is 7.05 Å². The monoisotopic (exact) mass is 307 g/mol. The number of halogens is 1. The van der Waals surface area contributed by atoms with Crippen LogP contribution in [0.3, 0.4) is 0 Å². The Labute approximate surface area is 130 Å². The first-order valence-electron chi connectivity index (χ1n) is 7.70. The normalized spacial score (nSPS) is 25.5. The van der Waals surface area contributed by atoms with Gasteiger partial charge in [0.25, 0.3) is 0 Å². The summed E-state index contributed by atoms with van der Waals surface area (Å²) < 4.78 is 0. The van der Waals surface area contributed by atoms with Crippen molar-refractivity contribution >= 4 is 28.9 Å². The minimum absolute atomic E-state index is 0.00960. The highest BCUT2D eigenvalue weighted by atomic mass is 35.5. The minimum atomic E-state index is -0.298. The molecule has 0 bridgehead atoms. The SMILES string of the molecule is CNC1C(=O)Nc2cc(N3CCCCCC3C)c(Cl)cc21. The van der Waals surface area contributed by atoms with E-state index in [0.29, 0.717) is 6.04 Å². The molecule has 1 aromatic carbocycles. The molecule has 114 valence electrons. The number of carbonyl (C=O) groups is 1. The zero-order valence-electron chi connectivity index (χ0n) is 12.6. The molecule has 2 N–H and O–H groups in total. The van der Waals surface area contributed by atoms with Gasteiger partial charge in [0.05, 0.1) is 10.7 Å². The second kappa shape index (κ2) is 5.85. The maximum Gasteiger partial charge on any atom is 0.246 e. The molecule has 2 atom stereocenters. The Bertz CT molecular complexity index is 561. The first-order chi connectivity index (χ1) is 10.1. The van der Waals surface area contributed by atoms with Crippen LogP contribution in [0.5, 0.6) is 0 Å². The molecule has 1 saturated heterocycles. The summed E-state index contributed by atoms with van der Waals surface area (Å²) in [7, 11) is 1.79. The Morgan fingerprint density at radius 2 is 2.14 bits per heavy atom. The lowest BCUT2D eigenvalue weighted by molar-refractivity contribution is -0.117. The van der Waals surface area contributed by atoms with Crippen molar-refractivity contribution in [3.63, 3.8) is 0 Å². The number of hydrogen-bond donors (Lipinski definition) is 2. The molecule has 0 spiro atoms. The third-order valence-electron chi connectivity index (χ3n) is 4.60. The largest absolute Gasteiger partial charge is 0.368 e. The van der Waals surface area contributed by atoms with E-state index in [2.05, 4.69) is 22.5 Å². The van der Waals surface area contributed by atoms with E-state index in [4.69, 9.17) is 11.6 Å². The Balaban J connectivity index is 1.98. The molecule has 0 aromatic heterocycles. The number of likely N-dealkylation sites (N-methyl/N-ethyl adjacent to an activating group) is 1. The van der Waals surface area contributed by atoms with Crippen LogP contribution in [0.15, 0.2) is 12.1 Å². The third kappa shape index (κ3) is 2.62. The molecular formula is C16H22ClN3O. The van der Waals surface area contributed by atoms with Gasteiger partial charge in [-0.2, -0.15) is 0 Å². The topological polar surface area (TPSA) is 44.4 Å². The first-order valence-corrected chi connectivity index (χ1v) is 8.08. The van der Waals surface area contributed by atoms with Crippen LogP contribution >= 0.6 is 11.6 Å². The van der Waals surface area contributed by atoms with Crippen molar-refractivity contribution in [3.05, 3.63) is 22.7 Å². The predicted octanol–water partition coefficient (Wildman–Crippen LogP) is 3.32. The number of rotatable bonds is 2. The summed E-state index contributed by atoms with van der Waals surface area (Å²) in [6.07, 6.45) is 4.95. The first kappa shape index (κ1) is 14.7. The van der Waals surface area contributed by atoms with E-state index in [1.807, 2.05) is 12.1 Å². The third-order valence-corrected chi connectivity index (χ3v) is 4.90. The van der Waals surface area contributed by atoms with Crippen LogP contribution in [0.4, 0.5) is 11.4 Å². The van der Waals surface area contributed by atoms with Crippen LogP contribution in [0, 0.1) is 0 Å². The van der Waals surface area contributed by atoms with Gasteiger partial charge in [0.15, 0.2) is 0 Å². The van der Waals surface area contributed by atoms with Crippen molar-refractivity contribution in [2.45, 2.75) is 44.7 Å². The zero-order valence-corrected chi connectivity index (χ0v) is 13.3. The average Bonchev–Trinajstić information content (AvgIpc) is 2.61. The highest BCUT2D eigenvalue weighted by Crippen LogP contribution is 2.40. The summed E-state index contributed by atoms with van der Waals surface area (Å²) in [4.78, 5) is 14.3. The van der Waals surface area contributed by atoms with Crippen molar-refractivity contribution in [2.75, 3.05) is 23.8 Å². The molecule has 0 saturated carbocycles. The summed E-state index contributed by atoms with van der Waals surface area (Å²) in [5, 5.41) is 6.71. The quantitative estimate of drug-likeness (QED) is 0.881. The van der Waals surface area contributed by atoms with Gasteiger partial charge in [-0.3, -0.25) is 4.79 Å². The van der Waals surface area contributed by atoms with Crippen molar-refractivity contribution in [3.8, 4) is 0 Å². The number of amides is 1. The average molecular weight is 308 g/mol. The highest BCUT2D eigenvalue weighted by Gasteiger charge is 2.31. The van der Waals surface area contributed by atoms with E-state index in [9.17, 15) is 4.79 Å². The number of benzene rings is 1. The number of carbonyl (C=O) groups excluding carboxylic acids is 1. The molecule has 0 aliphatic carbocycles. The van der Waals surface area contributed by atoms with Gasteiger partial charge in [-0.05, 0) is 38.9 Å². The van der Waals surface area contributed by atoms with Crippen LogP contribution in [-0.2, 0) is 4.79 Å². The van der Waals surface area contributed by atoms with Gasteiger partial charge in [-0.15, -0.1) is 0 Å². The van der Waals surface area contributed by atoms with Gasteiger partial charge >= 0.3 is 0 Å². The fourth-order valence-electron chi connectivity index (χ4n) is 3.41. The molecule has 2 aliphatic rings. The fraction of sp³-hybridized carbons (Fsp3) is 0.562. The summed E-state index contributed by atoms with van der Waals surface area (Å²) in [6.45, 7) is 3.28. The maximum atomic E-state index is 12.0. The van der Waals surface area contributed by atoms with Crippen molar-refractivity contribution in [1.29, 1.82) is 0 Å². The molecule has 4 nitrogen and oxygen atoms in total. The van der Waals surface area contributed by atoms with Crippen LogP contribution in [-0.4, -0.2) is 25.5 Å². The van der Waals surface area contributed by atoms with Gasteiger partial charge in [-0.1, -0.05) is 24.4 Å². The molecule has 1 fully saturated rings. The number of nitrogens with zero attached hydrogens (tertiary/aromatic N) is 1. The molecule has 5 heteroatoms. The molecule has 21 heavy (non-hydrogen) atoms. The molecular weight excluding hydrogens is 286 g/mol. The summed E-state index contributed by atoms with van der Waals surface area (Å²) >= 11 is 6.52. The van der Waals surface area contributed by atoms with Crippen molar-refractivity contribution < 1.29 is 4.79 Å². The molecule has 0 radical (unpaired) electrons.